The SMILES string of the molecule is CCC(C)Oc1cccc(NCC(=O)Nc2ccc(OCC(C)C)cc2)c1. The third kappa shape index (κ3) is 7.60. The zero-order valence-corrected chi connectivity index (χ0v) is 16.6. The van der Waals surface area contributed by atoms with Crippen LogP contribution < -0.4 is 20.1 Å². The Morgan fingerprint density at radius 3 is 2.41 bits per heavy atom. The molecule has 2 aromatic rings. The molecule has 5 heteroatoms. The minimum Gasteiger partial charge on any atom is -0.493 e. The number of nitrogens with one attached hydrogen (secondary N) is 2. The number of amides is 1. The lowest BCUT2D eigenvalue weighted by Gasteiger charge is -2.14. The van der Waals surface area contributed by atoms with Gasteiger partial charge in [-0.15, -0.1) is 0 Å². The molecule has 2 N–H and O–H groups in total. The Bertz CT molecular complexity index is 714. The highest BCUT2D eigenvalue weighted by atomic mass is 16.5. The van der Waals surface area contributed by atoms with Crippen LogP contribution in [0.2, 0.25) is 0 Å². The molecule has 1 unspecified atom stereocenters. The second kappa shape index (κ2) is 10.5. The summed E-state index contributed by atoms with van der Waals surface area (Å²) in [5, 5.41) is 6.00. The van der Waals surface area contributed by atoms with Gasteiger partial charge in [0.15, 0.2) is 0 Å². The highest BCUT2D eigenvalue weighted by molar-refractivity contribution is 5.93. The van der Waals surface area contributed by atoms with Gasteiger partial charge in [-0.05, 0) is 55.7 Å². The van der Waals surface area contributed by atoms with E-state index in [9.17, 15) is 4.79 Å². The van der Waals surface area contributed by atoms with E-state index in [4.69, 9.17) is 9.47 Å². The van der Waals surface area contributed by atoms with E-state index in [0.29, 0.717) is 12.5 Å². The van der Waals surface area contributed by atoms with Crippen LogP contribution in [-0.2, 0) is 4.79 Å². The maximum absolute atomic E-state index is 12.2. The van der Waals surface area contributed by atoms with Gasteiger partial charge in [-0.3, -0.25) is 4.79 Å². The molecular weight excluding hydrogens is 340 g/mol. The van der Waals surface area contributed by atoms with Crippen LogP contribution >= 0.6 is 0 Å². The van der Waals surface area contributed by atoms with E-state index in [1.54, 1.807) is 0 Å². The molecule has 0 aromatic heterocycles. The number of carbonyl (C=O) groups is 1. The molecule has 0 aliphatic carbocycles. The van der Waals surface area contributed by atoms with E-state index in [1.807, 2.05) is 55.5 Å². The average molecular weight is 370 g/mol. The van der Waals surface area contributed by atoms with Crippen molar-refractivity contribution >= 4 is 17.3 Å². The van der Waals surface area contributed by atoms with Crippen LogP contribution in [0.3, 0.4) is 0 Å². The first-order chi connectivity index (χ1) is 13.0. The minimum atomic E-state index is -0.112. The van der Waals surface area contributed by atoms with Crippen molar-refractivity contribution in [3.63, 3.8) is 0 Å². The molecule has 0 spiro atoms. The molecule has 0 radical (unpaired) electrons. The van der Waals surface area contributed by atoms with E-state index >= 15 is 0 Å². The second-order valence-corrected chi connectivity index (χ2v) is 7.00. The summed E-state index contributed by atoms with van der Waals surface area (Å²) in [4.78, 5) is 12.2. The molecule has 1 atom stereocenters. The maximum Gasteiger partial charge on any atom is 0.243 e. The Morgan fingerprint density at radius 2 is 1.74 bits per heavy atom. The predicted octanol–water partition coefficient (Wildman–Crippen LogP) is 4.95. The summed E-state index contributed by atoms with van der Waals surface area (Å²) in [5.41, 5.74) is 1.59. The van der Waals surface area contributed by atoms with E-state index in [0.717, 1.165) is 29.3 Å². The topological polar surface area (TPSA) is 59.6 Å². The fraction of sp³-hybridized carbons (Fsp3) is 0.409. The van der Waals surface area contributed by atoms with Gasteiger partial charge in [-0.2, -0.15) is 0 Å². The van der Waals surface area contributed by atoms with Gasteiger partial charge in [0.25, 0.3) is 0 Å². The number of rotatable bonds is 10. The molecule has 1 amide bonds. The van der Waals surface area contributed by atoms with Gasteiger partial charge in [0.1, 0.15) is 11.5 Å². The Hall–Kier alpha value is -2.69. The van der Waals surface area contributed by atoms with Gasteiger partial charge < -0.3 is 20.1 Å². The molecule has 0 heterocycles. The molecule has 146 valence electrons. The van der Waals surface area contributed by atoms with Crippen molar-refractivity contribution in [3.05, 3.63) is 48.5 Å². The second-order valence-electron chi connectivity index (χ2n) is 7.00. The number of benzene rings is 2. The zero-order valence-electron chi connectivity index (χ0n) is 16.6. The van der Waals surface area contributed by atoms with Crippen molar-refractivity contribution in [3.8, 4) is 11.5 Å². The van der Waals surface area contributed by atoms with Crippen LogP contribution in [0.15, 0.2) is 48.5 Å². The standard InChI is InChI=1S/C22H30N2O3/c1-5-17(4)27-21-8-6-7-19(13-21)23-14-22(25)24-18-9-11-20(12-10-18)26-15-16(2)3/h6-13,16-17,23H,5,14-15H2,1-4H3,(H,24,25). The third-order valence-corrected chi connectivity index (χ3v) is 3.92. The summed E-state index contributed by atoms with van der Waals surface area (Å²) in [5.74, 6) is 1.97. The van der Waals surface area contributed by atoms with Crippen LogP contribution in [0.1, 0.15) is 34.1 Å². The lowest BCUT2D eigenvalue weighted by molar-refractivity contribution is -0.114. The van der Waals surface area contributed by atoms with Crippen molar-refractivity contribution in [2.24, 2.45) is 5.92 Å². The van der Waals surface area contributed by atoms with Gasteiger partial charge in [0, 0.05) is 17.4 Å². The summed E-state index contributed by atoms with van der Waals surface area (Å²) in [6, 6.07) is 15.1. The fourth-order valence-electron chi connectivity index (χ4n) is 2.28. The van der Waals surface area contributed by atoms with E-state index in [2.05, 4.69) is 31.4 Å². The van der Waals surface area contributed by atoms with Gasteiger partial charge >= 0.3 is 0 Å². The number of hydrogen-bond acceptors (Lipinski definition) is 4. The average Bonchev–Trinajstić information content (AvgIpc) is 2.66. The minimum absolute atomic E-state index is 0.112. The summed E-state index contributed by atoms with van der Waals surface area (Å²) in [6.45, 7) is 9.18. The smallest absolute Gasteiger partial charge is 0.243 e. The Balaban J connectivity index is 1.81. The first-order valence-electron chi connectivity index (χ1n) is 9.49. The van der Waals surface area contributed by atoms with E-state index in [1.165, 1.54) is 0 Å². The predicted molar refractivity (Wildman–Crippen MR) is 111 cm³/mol. The van der Waals surface area contributed by atoms with Crippen LogP contribution in [-0.4, -0.2) is 25.2 Å². The highest BCUT2D eigenvalue weighted by Crippen LogP contribution is 2.19. The molecular formula is C22H30N2O3. The van der Waals surface area contributed by atoms with Crippen molar-refractivity contribution in [2.45, 2.75) is 40.2 Å². The Labute approximate surface area is 162 Å². The van der Waals surface area contributed by atoms with Crippen LogP contribution in [0.4, 0.5) is 11.4 Å². The number of ether oxygens (including phenoxy) is 2. The third-order valence-electron chi connectivity index (χ3n) is 3.92. The molecule has 0 aliphatic rings. The summed E-state index contributed by atoms with van der Waals surface area (Å²) in [6.07, 6.45) is 1.11. The summed E-state index contributed by atoms with van der Waals surface area (Å²) < 4.78 is 11.4. The van der Waals surface area contributed by atoms with Crippen molar-refractivity contribution in [1.82, 2.24) is 0 Å². The number of hydrogen-bond donors (Lipinski definition) is 2. The number of carbonyl (C=O) groups excluding carboxylic acids is 1. The number of anilines is 2. The van der Waals surface area contributed by atoms with Gasteiger partial charge in [0.2, 0.25) is 5.91 Å². The molecule has 0 saturated carbocycles. The molecule has 0 saturated heterocycles. The zero-order chi connectivity index (χ0) is 19.6. The van der Waals surface area contributed by atoms with Crippen molar-refractivity contribution < 1.29 is 14.3 Å². The van der Waals surface area contributed by atoms with Gasteiger partial charge in [-0.1, -0.05) is 26.8 Å². The first-order valence-corrected chi connectivity index (χ1v) is 9.49. The molecule has 0 aliphatic heterocycles. The fourth-order valence-corrected chi connectivity index (χ4v) is 2.28. The lowest BCUT2D eigenvalue weighted by atomic mass is 10.2. The molecule has 2 rings (SSSR count). The molecule has 0 fully saturated rings. The lowest BCUT2D eigenvalue weighted by Crippen LogP contribution is -2.21. The normalized spacial score (nSPS) is 11.7. The maximum atomic E-state index is 12.2. The Kier molecular flexibility index (Phi) is 7.99. The van der Waals surface area contributed by atoms with Gasteiger partial charge in [0.05, 0.1) is 19.3 Å². The van der Waals surface area contributed by atoms with Crippen LogP contribution in [0, 0.1) is 5.92 Å². The Morgan fingerprint density at radius 1 is 1.00 bits per heavy atom. The van der Waals surface area contributed by atoms with Crippen molar-refractivity contribution in [2.75, 3.05) is 23.8 Å². The summed E-state index contributed by atoms with van der Waals surface area (Å²) in [7, 11) is 0. The quantitative estimate of drug-likeness (QED) is 0.621. The first kappa shape index (κ1) is 20.6. The van der Waals surface area contributed by atoms with E-state index < -0.39 is 0 Å². The van der Waals surface area contributed by atoms with Gasteiger partial charge in [-0.25, -0.2) is 0 Å². The summed E-state index contributed by atoms with van der Waals surface area (Å²) >= 11 is 0. The van der Waals surface area contributed by atoms with Crippen LogP contribution in [0.25, 0.3) is 0 Å². The molecule has 27 heavy (non-hydrogen) atoms. The molecule has 5 nitrogen and oxygen atoms in total. The molecule has 2 aromatic carbocycles. The van der Waals surface area contributed by atoms with Crippen molar-refractivity contribution in [1.29, 1.82) is 0 Å². The highest BCUT2D eigenvalue weighted by Gasteiger charge is 2.05. The van der Waals surface area contributed by atoms with E-state index in [-0.39, 0.29) is 18.6 Å². The largest absolute Gasteiger partial charge is 0.493 e. The van der Waals surface area contributed by atoms with Crippen LogP contribution in [0.5, 0.6) is 11.5 Å². The molecule has 0 bridgehead atoms. The monoisotopic (exact) mass is 370 g/mol.